The fourth-order valence-corrected chi connectivity index (χ4v) is 5.15. The van der Waals surface area contributed by atoms with Gasteiger partial charge in [-0.25, -0.2) is 13.8 Å². The van der Waals surface area contributed by atoms with Crippen LogP contribution >= 0.6 is 11.6 Å². The van der Waals surface area contributed by atoms with Crippen molar-refractivity contribution < 1.29 is 13.6 Å². The van der Waals surface area contributed by atoms with Crippen molar-refractivity contribution >= 4 is 34.2 Å². The van der Waals surface area contributed by atoms with Crippen molar-refractivity contribution in [3.05, 3.63) is 83.1 Å². The van der Waals surface area contributed by atoms with Gasteiger partial charge in [0.05, 0.1) is 11.6 Å². The number of fused-ring (bicyclic) bond motifs is 1. The van der Waals surface area contributed by atoms with Gasteiger partial charge in [0.2, 0.25) is 5.91 Å². The molecule has 5 rings (SSSR count). The van der Waals surface area contributed by atoms with Crippen LogP contribution in [0.4, 0.5) is 14.5 Å². The number of piperazine rings is 1. The third-order valence-electron chi connectivity index (χ3n) is 6.94. The lowest BCUT2D eigenvalue weighted by molar-refractivity contribution is -0.133. The van der Waals surface area contributed by atoms with Crippen molar-refractivity contribution in [3.63, 3.8) is 0 Å². The quantitative estimate of drug-likeness (QED) is 0.322. The van der Waals surface area contributed by atoms with E-state index in [1.54, 1.807) is 12.4 Å². The highest BCUT2D eigenvalue weighted by Crippen LogP contribution is 2.37. The van der Waals surface area contributed by atoms with E-state index in [0.717, 1.165) is 22.7 Å². The second-order valence-electron chi connectivity index (χ2n) is 9.90. The highest BCUT2D eigenvalue weighted by Gasteiger charge is 2.30. The zero-order valence-corrected chi connectivity index (χ0v) is 22.1. The molecule has 0 radical (unpaired) electrons. The van der Waals surface area contributed by atoms with E-state index in [0.29, 0.717) is 54.5 Å². The van der Waals surface area contributed by atoms with Crippen LogP contribution in [0.2, 0.25) is 5.02 Å². The van der Waals surface area contributed by atoms with Crippen molar-refractivity contribution in [2.45, 2.75) is 25.8 Å². The summed E-state index contributed by atoms with van der Waals surface area (Å²) in [5, 5.41) is 4.90. The van der Waals surface area contributed by atoms with E-state index in [1.165, 1.54) is 12.1 Å². The number of carbonyl (C=O) groups is 1. The number of H-pyrrole nitrogens is 1. The average Bonchev–Trinajstić information content (AvgIpc) is 3.37. The van der Waals surface area contributed by atoms with Crippen molar-refractivity contribution in [3.8, 4) is 11.1 Å². The standard InChI is InChI=1S/C29H30ClF2N5O/c1-18(2)34-17-26(19-3-5-21(30)6-4-19)29(38)37-11-9-36(10-12-37)27-24-7-8-33-28(24)35-16-25(27)20-13-22(31)15-23(32)14-20/h3-8,13-16,18,26,34H,9-12,17H2,1-2H3,(H,33,35)/t26-/m1/s1. The first-order valence-corrected chi connectivity index (χ1v) is 13.1. The number of pyridine rings is 1. The number of benzene rings is 2. The smallest absolute Gasteiger partial charge is 0.231 e. The van der Waals surface area contributed by atoms with E-state index in [4.69, 9.17) is 11.6 Å². The zero-order valence-electron chi connectivity index (χ0n) is 21.3. The Bertz CT molecular complexity index is 1410. The Morgan fingerprint density at radius 2 is 1.74 bits per heavy atom. The van der Waals surface area contributed by atoms with Gasteiger partial charge in [-0.3, -0.25) is 4.79 Å². The second kappa shape index (κ2) is 11.1. The Hall–Kier alpha value is -3.49. The number of halogens is 3. The molecule has 1 fully saturated rings. The lowest BCUT2D eigenvalue weighted by Crippen LogP contribution is -2.51. The van der Waals surface area contributed by atoms with Gasteiger partial charge in [-0.05, 0) is 41.5 Å². The molecule has 0 unspecified atom stereocenters. The molecule has 1 saturated heterocycles. The number of carbonyl (C=O) groups excluding carboxylic acids is 1. The molecule has 0 spiro atoms. The maximum atomic E-state index is 14.1. The molecule has 0 bridgehead atoms. The van der Waals surface area contributed by atoms with Gasteiger partial charge in [0, 0.05) is 73.2 Å². The molecular weight excluding hydrogens is 508 g/mol. The third-order valence-corrected chi connectivity index (χ3v) is 7.19. The molecule has 6 nitrogen and oxygen atoms in total. The first kappa shape index (κ1) is 26.1. The highest BCUT2D eigenvalue weighted by molar-refractivity contribution is 6.30. The molecule has 4 aromatic rings. The fraction of sp³-hybridized carbons (Fsp3) is 0.310. The Labute approximate surface area is 225 Å². The minimum absolute atomic E-state index is 0.0640. The van der Waals surface area contributed by atoms with E-state index in [2.05, 4.69) is 34.0 Å². The molecule has 2 aromatic carbocycles. The zero-order chi connectivity index (χ0) is 26.8. The number of aromatic amines is 1. The van der Waals surface area contributed by atoms with Crippen LogP contribution in [-0.4, -0.2) is 59.5 Å². The summed E-state index contributed by atoms with van der Waals surface area (Å²) in [6.45, 7) is 6.84. The van der Waals surface area contributed by atoms with Crippen LogP contribution in [-0.2, 0) is 4.79 Å². The van der Waals surface area contributed by atoms with Gasteiger partial charge in [0.15, 0.2) is 0 Å². The first-order valence-electron chi connectivity index (χ1n) is 12.8. The van der Waals surface area contributed by atoms with Crippen LogP contribution in [0.5, 0.6) is 0 Å². The molecule has 1 atom stereocenters. The van der Waals surface area contributed by atoms with E-state index in [-0.39, 0.29) is 17.9 Å². The molecule has 3 heterocycles. The molecule has 1 aliphatic rings. The predicted molar refractivity (Wildman–Crippen MR) is 148 cm³/mol. The summed E-state index contributed by atoms with van der Waals surface area (Å²) in [6.07, 6.45) is 3.45. The van der Waals surface area contributed by atoms with E-state index in [1.807, 2.05) is 35.2 Å². The largest absolute Gasteiger partial charge is 0.367 e. The van der Waals surface area contributed by atoms with Gasteiger partial charge in [-0.1, -0.05) is 37.6 Å². The Balaban J connectivity index is 1.40. The number of anilines is 1. The van der Waals surface area contributed by atoms with Gasteiger partial charge in [0.1, 0.15) is 17.3 Å². The Morgan fingerprint density at radius 1 is 1.05 bits per heavy atom. The van der Waals surface area contributed by atoms with Gasteiger partial charge in [0.25, 0.3) is 0 Å². The summed E-state index contributed by atoms with van der Waals surface area (Å²) >= 11 is 6.09. The molecule has 38 heavy (non-hydrogen) atoms. The molecule has 2 aromatic heterocycles. The summed E-state index contributed by atoms with van der Waals surface area (Å²) in [5.41, 5.74) is 3.55. The molecule has 9 heteroatoms. The van der Waals surface area contributed by atoms with E-state index < -0.39 is 11.6 Å². The van der Waals surface area contributed by atoms with Crippen molar-refractivity contribution in [2.24, 2.45) is 0 Å². The molecule has 1 amide bonds. The molecule has 198 valence electrons. The van der Waals surface area contributed by atoms with Gasteiger partial charge < -0.3 is 20.1 Å². The van der Waals surface area contributed by atoms with E-state index >= 15 is 0 Å². The minimum atomic E-state index is -0.640. The molecule has 1 aliphatic heterocycles. The van der Waals surface area contributed by atoms with Crippen molar-refractivity contribution in [2.75, 3.05) is 37.6 Å². The van der Waals surface area contributed by atoms with Crippen molar-refractivity contribution in [1.29, 1.82) is 0 Å². The van der Waals surface area contributed by atoms with E-state index in [9.17, 15) is 13.6 Å². The fourth-order valence-electron chi connectivity index (χ4n) is 5.02. The van der Waals surface area contributed by atoms with Gasteiger partial charge >= 0.3 is 0 Å². The maximum absolute atomic E-state index is 14.1. The summed E-state index contributed by atoms with van der Waals surface area (Å²) < 4.78 is 28.2. The normalized spacial score (nSPS) is 14.9. The van der Waals surface area contributed by atoms with Crippen LogP contribution in [0.25, 0.3) is 22.2 Å². The summed E-state index contributed by atoms with van der Waals surface area (Å²) in [6, 6.07) is 13.1. The third kappa shape index (κ3) is 5.51. The molecule has 0 saturated carbocycles. The summed E-state index contributed by atoms with van der Waals surface area (Å²) in [4.78, 5) is 25.4. The SMILES string of the molecule is CC(C)NC[C@@H](C(=O)N1CCN(c2c(-c3cc(F)cc(F)c3)cnc3[nH]ccc23)CC1)c1ccc(Cl)cc1. The lowest BCUT2D eigenvalue weighted by Gasteiger charge is -2.38. The number of amides is 1. The number of nitrogens with one attached hydrogen (secondary N) is 2. The number of hydrogen-bond acceptors (Lipinski definition) is 4. The molecular formula is C29H30ClF2N5O. The van der Waals surface area contributed by atoms with Crippen LogP contribution in [0, 0.1) is 11.6 Å². The molecule has 0 aliphatic carbocycles. The number of aromatic nitrogens is 2. The molecule has 2 N–H and O–H groups in total. The highest BCUT2D eigenvalue weighted by atomic mass is 35.5. The van der Waals surface area contributed by atoms with Gasteiger partial charge in [-0.15, -0.1) is 0 Å². The number of nitrogens with zero attached hydrogens (tertiary/aromatic N) is 3. The second-order valence-corrected chi connectivity index (χ2v) is 10.3. The lowest BCUT2D eigenvalue weighted by atomic mass is 9.96. The number of rotatable bonds is 7. The average molecular weight is 538 g/mol. The Morgan fingerprint density at radius 3 is 2.39 bits per heavy atom. The van der Waals surface area contributed by atoms with Crippen molar-refractivity contribution in [1.82, 2.24) is 20.2 Å². The first-order chi connectivity index (χ1) is 18.3. The maximum Gasteiger partial charge on any atom is 0.231 e. The van der Waals surface area contributed by atoms with Crippen LogP contribution < -0.4 is 10.2 Å². The van der Waals surface area contributed by atoms with Crippen LogP contribution in [0.3, 0.4) is 0 Å². The summed E-state index contributed by atoms with van der Waals surface area (Å²) in [7, 11) is 0. The van der Waals surface area contributed by atoms with Gasteiger partial charge in [-0.2, -0.15) is 0 Å². The van der Waals surface area contributed by atoms with Crippen LogP contribution in [0.15, 0.2) is 60.9 Å². The predicted octanol–water partition coefficient (Wildman–Crippen LogP) is 5.59. The van der Waals surface area contributed by atoms with Crippen LogP contribution in [0.1, 0.15) is 25.3 Å². The number of hydrogen-bond donors (Lipinski definition) is 2. The minimum Gasteiger partial charge on any atom is -0.367 e. The topological polar surface area (TPSA) is 64.3 Å². The summed E-state index contributed by atoms with van der Waals surface area (Å²) in [5.74, 6) is -1.55. The Kier molecular flexibility index (Phi) is 7.63. The monoisotopic (exact) mass is 537 g/mol.